The van der Waals surface area contributed by atoms with Gasteiger partial charge in [-0.15, -0.1) is 0 Å². The highest BCUT2D eigenvalue weighted by atomic mass is 79.9. The summed E-state index contributed by atoms with van der Waals surface area (Å²) in [6, 6.07) is 23.9. The second-order valence-electron chi connectivity index (χ2n) is 7.82. The lowest BCUT2D eigenvalue weighted by atomic mass is 9.76. The zero-order valence-electron chi connectivity index (χ0n) is 17.6. The molecule has 3 aromatic rings. The van der Waals surface area contributed by atoms with Crippen molar-refractivity contribution in [3.8, 4) is 0 Å². The lowest BCUT2D eigenvalue weighted by Crippen LogP contribution is -2.45. The summed E-state index contributed by atoms with van der Waals surface area (Å²) in [5.74, 6) is -0.381. The number of carbonyl (C=O) groups is 2. The summed E-state index contributed by atoms with van der Waals surface area (Å²) in [6.45, 7) is 3.73. The molecule has 5 nitrogen and oxygen atoms in total. The normalized spacial score (nSPS) is 17.8. The van der Waals surface area contributed by atoms with E-state index in [9.17, 15) is 9.59 Å². The van der Waals surface area contributed by atoms with Crippen molar-refractivity contribution in [1.82, 2.24) is 5.01 Å². The second kappa shape index (κ2) is 8.88. The van der Waals surface area contributed by atoms with E-state index in [-0.39, 0.29) is 5.91 Å². The maximum absolute atomic E-state index is 13.5. The first-order chi connectivity index (χ1) is 15.3. The van der Waals surface area contributed by atoms with Crippen LogP contribution in [0.15, 0.2) is 88.4 Å². The van der Waals surface area contributed by atoms with Gasteiger partial charge in [-0.3, -0.25) is 4.79 Å². The zero-order valence-corrected chi connectivity index (χ0v) is 20.0. The van der Waals surface area contributed by atoms with Gasteiger partial charge in [-0.25, -0.2) is 14.7 Å². The Bertz CT molecular complexity index is 1180. The van der Waals surface area contributed by atoms with Crippen LogP contribution in [0.2, 0.25) is 5.02 Å². The number of amides is 3. The fourth-order valence-corrected chi connectivity index (χ4v) is 4.29. The Hall–Kier alpha value is -2.96. The van der Waals surface area contributed by atoms with E-state index in [0.29, 0.717) is 17.3 Å². The maximum Gasteiger partial charge on any atom is 0.351 e. The number of urea groups is 1. The molecule has 0 saturated carbocycles. The summed E-state index contributed by atoms with van der Waals surface area (Å²) in [7, 11) is 0. The molecule has 3 aromatic carbocycles. The molecule has 1 unspecified atom stereocenters. The number of hydrogen-bond donors (Lipinski definition) is 0. The molecule has 0 bridgehead atoms. The van der Waals surface area contributed by atoms with E-state index in [4.69, 9.17) is 16.7 Å². The number of halogens is 2. The van der Waals surface area contributed by atoms with Crippen molar-refractivity contribution in [1.29, 1.82) is 0 Å². The number of imide groups is 1. The van der Waals surface area contributed by atoms with Crippen LogP contribution in [0.5, 0.6) is 0 Å². The molecule has 0 N–H and O–H groups in total. The Balaban J connectivity index is 1.77. The summed E-state index contributed by atoms with van der Waals surface area (Å²) >= 11 is 9.47. The molecule has 1 atom stereocenters. The van der Waals surface area contributed by atoms with Gasteiger partial charge in [0.05, 0.1) is 23.4 Å². The van der Waals surface area contributed by atoms with Gasteiger partial charge in [0.1, 0.15) is 0 Å². The Morgan fingerprint density at radius 3 is 2.22 bits per heavy atom. The van der Waals surface area contributed by atoms with Crippen molar-refractivity contribution in [2.75, 3.05) is 11.4 Å². The van der Waals surface area contributed by atoms with Crippen molar-refractivity contribution >= 4 is 50.9 Å². The molecule has 0 aliphatic carbocycles. The van der Waals surface area contributed by atoms with Gasteiger partial charge < -0.3 is 0 Å². The molecule has 0 radical (unpaired) electrons. The average Bonchev–Trinajstić information content (AvgIpc) is 3.15. The van der Waals surface area contributed by atoms with E-state index in [2.05, 4.69) is 22.9 Å². The molecule has 1 heterocycles. The molecular weight excluding hydrogens is 490 g/mol. The van der Waals surface area contributed by atoms with E-state index in [0.717, 1.165) is 26.2 Å². The van der Waals surface area contributed by atoms with Crippen LogP contribution in [0, 0.1) is 0 Å². The molecule has 0 fully saturated rings. The van der Waals surface area contributed by atoms with Crippen LogP contribution in [-0.2, 0) is 10.2 Å². The minimum absolute atomic E-state index is 0.300. The monoisotopic (exact) mass is 509 g/mol. The van der Waals surface area contributed by atoms with Crippen LogP contribution in [0.3, 0.4) is 0 Å². The average molecular weight is 511 g/mol. The predicted molar refractivity (Wildman–Crippen MR) is 131 cm³/mol. The molecule has 3 amide bonds. The Kier molecular flexibility index (Phi) is 6.17. The highest BCUT2D eigenvalue weighted by Crippen LogP contribution is 2.36. The van der Waals surface area contributed by atoms with Gasteiger partial charge in [-0.05, 0) is 54.4 Å². The fourth-order valence-electron chi connectivity index (χ4n) is 3.90. The van der Waals surface area contributed by atoms with Gasteiger partial charge in [0, 0.05) is 16.4 Å². The van der Waals surface area contributed by atoms with Crippen LogP contribution in [-0.4, -0.2) is 29.2 Å². The Morgan fingerprint density at radius 2 is 1.62 bits per heavy atom. The largest absolute Gasteiger partial charge is 0.351 e. The van der Waals surface area contributed by atoms with E-state index in [1.807, 2.05) is 42.5 Å². The minimum atomic E-state index is -0.563. The van der Waals surface area contributed by atoms with Gasteiger partial charge in [-0.2, -0.15) is 5.10 Å². The quantitative estimate of drug-likeness (QED) is 0.418. The predicted octanol–water partition coefficient (Wildman–Crippen LogP) is 6.25. The van der Waals surface area contributed by atoms with E-state index < -0.39 is 11.4 Å². The molecular formula is C25H21BrClN3O2. The second-order valence-corrected chi connectivity index (χ2v) is 9.18. The van der Waals surface area contributed by atoms with Crippen molar-refractivity contribution in [2.45, 2.75) is 19.3 Å². The number of anilines is 1. The van der Waals surface area contributed by atoms with Crippen LogP contribution in [0.25, 0.3) is 0 Å². The number of hydrogen-bond acceptors (Lipinski definition) is 3. The van der Waals surface area contributed by atoms with E-state index in [1.54, 1.807) is 36.4 Å². The van der Waals surface area contributed by atoms with Crippen molar-refractivity contribution in [2.24, 2.45) is 5.10 Å². The highest BCUT2D eigenvalue weighted by molar-refractivity contribution is 9.10. The van der Waals surface area contributed by atoms with Gasteiger partial charge in [0.25, 0.3) is 0 Å². The first-order valence-electron chi connectivity index (χ1n) is 10.1. The summed E-state index contributed by atoms with van der Waals surface area (Å²) in [5, 5.41) is 6.72. The SMILES string of the molecule is CC(=O)N(C(=O)N1CC(C)(c2ccccc2)C(c2ccc(Cl)cc2)=N1)c1ccc(Br)cc1. The number of carbonyl (C=O) groups excluding carboxylic acids is 2. The third-order valence-electron chi connectivity index (χ3n) is 5.55. The summed E-state index contributed by atoms with van der Waals surface area (Å²) < 4.78 is 0.859. The molecule has 162 valence electrons. The fraction of sp³-hybridized carbons (Fsp3) is 0.160. The first-order valence-corrected chi connectivity index (χ1v) is 11.2. The molecule has 1 aliphatic heterocycles. The molecule has 0 spiro atoms. The molecule has 7 heteroatoms. The smallest absolute Gasteiger partial charge is 0.274 e. The zero-order chi connectivity index (χ0) is 22.9. The molecule has 4 rings (SSSR count). The van der Waals surface area contributed by atoms with Crippen LogP contribution in [0.4, 0.5) is 10.5 Å². The Morgan fingerprint density at radius 1 is 1.00 bits per heavy atom. The topological polar surface area (TPSA) is 53.0 Å². The summed E-state index contributed by atoms with van der Waals surface area (Å²) in [6.07, 6.45) is 0. The van der Waals surface area contributed by atoms with Gasteiger partial charge in [0.2, 0.25) is 5.91 Å². The first kappa shape index (κ1) is 22.2. The van der Waals surface area contributed by atoms with Gasteiger partial charge in [0.15, 0.2) is 0 Å². The lowest BCUT2D eigenvalue weighted by Gasteiger charge is -2.28. The third kappa shape index (κ3) is 4.20. The molecule has 0 aromatic heterocycles. The molecule has 1 aliphatic rings. The number of hydrazone groups is 1. The summed E-state index contributed by atoms with van der Waals surface area (Å²) in [4.78, 5) is 27.1. The van der Waals surface area contributed by atoms with Crippen LogP contribution in [0.1, 0.15) is 25.0 Å². The lowest BCUT2D eigenvalue weighted by molar-refractivity contribution is -0.116. The number of rotatable bonds is 3. The van der Waals surface area contributed by atoms with Crippen LogP contribution < -0.4 is 4.90 Å². The van der Waals surface area contributed by atoms with Crippen molar-refractivity contribution < 1.29 is 9.59 Å². The van der Waals surface area contributed by atoms with Crippen LogP contribution >= 0.6 is 27.5 Å². The highest BCUT2D eigenvalue weighted by Gasteiger charge is 2.44. The molecule has 0 saturated heterocycles. The van der Waals surface area contributed by atoms with Crippen molar-refractivity contribution in [3.63, 3.8) is 0 Å². The van der Waals surface area contributed by atoms with Gasteiger partial charge in [-0.1, -0.05) is 70.0 Å². The third-order valence-corrected chi connectivity index (χ3v) is 6.33. The van der Waals surface area contributed by atoms with E-state index >= 15 is 0 Å². The standard InChI is InChI=1S/C25H21BrClN3O2/c1-17(31)30(22-14-10-20(26)11-15-22)24(32)29-16-25(2,19-6-4-3-5-7-19)23(28-29)18-8-12-21(27)13-9-18/h3-15H,16H2,1-2H3. The van der Waals surface area contributed by atoms with Crippen molar-refractivity contribution in [3.05, 3.63) is 99.5 Å². The van der Waals surface area contributed by atoms with Gasteiger partial charge >= 0.3 is 6.03 Å². The Labute approximate surface area is 200 Å². The number of nitrogens with zero attached hydrogens (tertiary/aromatic N) is 3. The molecule has 32 heavy (non-hydrogen) atoms. The maximum atomic E-state index is 13.5. The summed E-state index contributed by atoms with van der Waals surface area (Å²) in [5.41, 5.74) is 2.57. The number of benzene rings is 3. The minimum Gasteiger partial charge on any atom is -0.274 e. The van der Waals surface area contributed by atoms with E-state index in [1.165, 1.54) is 11.9 Å².